The molecule has 0 saturated carbocycles. The molecule has 2 N–H and O–H groups in total. The van der Waals surface area contributed by atoms with Gasteiger partial charge in [-0.2, -0.15) is 0 Å². The maximum Gasteiger partial charge on any atom is 0.358 e. The first-order valence-electron chi connectivity index (χ1n) is 6.68. The van der Waals surface area contributed by atoms with E-state index in [-0.39, 0.29) is 11.6 Å². The van der Waals surface area contributed by atoms with Crippen LogP contribution in [-0.2, 0) is 13.1 Å². The number of aromatic carboxylic acids is 1. The lowest BCUT2D eigenvalue weighted by molar-refractivity contribution is 0.0690. The number of hydrogen-bond acceptors (Lipinski definition) is 4. The second-order valence-corrected chi connectivity index (χ2v) is 4.51. The molecule has 2 aromatic rings. The van der Waals surface area contributed by atoms with Crippen LogP contribution < -0.4 is 5.32 Å². The molecule has 2 heterocycles. The molecule has 1 amide bonds. The Morgan fingerprint density at radius 3 is 2.86 bits per heavy atom. The van der Waals surface area contributed by atoms with E-state index in [1.807, 2.05) is 23.8 Å². The van der Waals surface area contributed by atoms with E-state index >= 15 is 0 Å². The number of carboxylic acid groups (broad SMARTS) is 1. The van der Waals surface area contributed by atoms with Gasteiger partial charge in [-0.25, -0.2) is 9.48 Å². The van der Waals surface area contributed by atoms with Gasteiger partial charge >= 0.3 is 5.97 Å². The van der Waals surface area contributed by atoms with Gasteiger partial charge in [0.1, 0.15) is 5.69 Å². The normalized spacial score (nSPS) is 10.5. The molecule has 0 aliphatic carbocycles. The summed E-state index contributed by atoms with van der Waals surface area (Å²) < 4.78 is 3.28. The number of carbonyl (C=O) groups excluding carboxylic acids is 1. The number of hydrogen-bond donors (Lipinski definition) is 2. The van der Waals surface area contributed by atoms with Crippen molar-refractivity contribution in [3.8, 4) is 0 Å². The average molecular weight is 291 g/mol. The Bertz CT molecular complexity index is 631. The van der Waals surface area contributed by atoms with Crippen molar-refractivity contribution in [1.82, 2.24) is 24.9 Å². The van der Waals surface area contributed by atoms with E-state index in [0.717, 1.165) is 13.0 Å². The number of carboxylic acids is 1. The molecule has 0 saturated heterocycles. The van der Waals surface area contributed by atoms with E-state index < -0.39 is 5.97 Å². The van der Waals surface area contributed by atoms with Gasteiger partial charge in [-0.1, -0.05) is 12.1 Å². The molecule has 2 rings (SSSR count). The van der Waals surface area contributed by atoms with Gasteiger partial charge in [0.05, 0.1) is 12.7 Å². The van der Waals surface area contributed by atoms with Crippen LogP contribution in [0.2, 0.25) is 0 Å². The van der Waals surface area contributed by atoms with Crippen LogP contribution >= 0.6 is 0 Å². The van der Waals surface area contributed by atoms with Gasteiger partial charge in [-0.15, -0.1) is 5.10 Å². The molecule has 8 heteroatoms. The van der Waals surface area contributed by atoms with Gasteiger partial charge in [-0.3, -0.25) is 4.79 Å². The van der Waals surface area contributed by atoms with Crippen molar-refractivity contribution >= 4 is 11.9 Å². The summed E-state index contributed by atoms with van der Waals surface area (Å²) in [6, 6.07) is 3.60. The van der Waals surface area contributed by atoms with Crippen LogP contribution in [0.1, 0.15) is 34.3 Å². The Morgan fingerprint density at radius 1 is 1.38 bits per heavy atom. The fraction of sp³-hybridized carbons (Fsp3) is 0.385. The van der Waals surface area contributed by atoms with Gasteiger partial charge in [0.25, 0.3) is 5.91 Å². The fourth-order valence-electron chi connectivity index (χ4n) is 1.94. The van der Waals surface area contributed by atoms with E-state index in [4.69, 9.17) is 5.11 Å². The van der Waals surface area contributed by atoms with E-state index in [0.29, 0.717) is 18.8 Å². The van der Waals surface area contributed by atoms with Crippen LogP contribution in [0.25, 0.3) is 0 Å². The van der Waals surface area contributed by atoms with Crippen LogP contribution in [0, 0.1) is 0 Å². The van der Waals surface area contributed by atoms with Crippen LogP contribution in [0.5, 0.6) is 0 Å². The summed E-state index contributed by atoms with van der Waals surface area (Å²) in [4.78, 5) is 22.7. The Balaban J connectivity index is 1.86. The highest BCUT2D eigenvalue weighted by Gasteiger charge is 2.11. The molecule has 0 aromatic carbocycles. The predicted molar refractivity (Wildman–Crippen MR) is 74.0 cm³/mol. The number of aromatic nitrogens is 4. The number of amides is 1. The molecule has 0 aliphatic rings. The summed E-state index contributed by atoms with van der Waals surface area (Å²) in [7, 11) is 0. The molecule has 21 heavy (non-hydrogen) atoms. The monoisotopic (exact) mass is 291 g/mol. The van der Waals surface area contributed by atoms with E-state index in [9.17, 15) is 9.59 Å². The molecular weight excluding hydrogens is 274 g/mol. The summed E-state index contributed by atoms with van der Waals surface area (Å²) in [5.41, 5.74) is 0.500. The minimum Gasteiger partial charge on any atom is -0.476 e. The average Bonchev–Trinajstić information content (AvgIpc) is 3.08. The molecule has 0 fully saturated rings. The van der Waals surface area contributed by atoms with Crippen molar-refractivity contribution in [2.75, 3.05) is 6.54 Å². The second kappa shape index (κ2) is 6.69. The Labute approximate surface area is 121 Å². The zero-order valence-corrected chi connectivity index (χ0v) is 11.7. The van der Waals surface area contributed by atoms with Crippen molar-refractivity contribution in [3.05, 3.63) is 35.9 Å². The van der Waals surface area contributed by atoms with Crippen molar-refractivity contribution in [3.63, 3.8) is 0 Å². The molecule has 0 bridgehead atoms. The highest BCUT2D eigenvalue weighted by Crippen LogP contribution is 2.03. The standard InChI is InChI=1S/C13H17N5O3/c1-2-6-17-7-3-4-11(17)12(19)14-5-8-18-9-10(13(20)21)15-16-18/h3-4,7,9H,2,5-6,8H2,1H3,(H,14,19)(H,20,21). The van der Waals surface area contributed by atoms with Gasteiger partial charge < -0.3 is 15.0 Å². The molecule has 0 aliphatic heterocycles. The zero-order valence-electron chi connectivity index (χ0n) is 11.7. The largest absolute Gasteiger partial charge is 0.476 e. The van der Waals surface area contributed by atoms with Crippen LogP contribution in [0.15, 0.2) is 24.5 Å². The van der Waals surface area contributed by atoms with Crippen LogP contribution in [-0.4, -0.2) is 43.1 Å². The van der Waals surface area contributed by atoms with Gasteiger partial charge in [0, 0.05) is 19.3 Å². The third kappa shape index (κ3) is 3.68. The molecule has 0 atom stereocenters. The summed E-state index contributed by atoms with van der Waals surface area (Å²) in [5.74, 6) is -1.28. The Kier molecular flexibility index (Phi) is 4.70. The highest BCUT2D eigenvalue weighted by molar-refractivity contribution is 5.92. The SMILES string of the molecule is CCCn1cccc1C(=O)NCCn1cc(C(=O)O)nn1. The second-order valence-electron chi connectivity index (χ2n) is 4.51. The summed E-state index contributed by atoms with van der Waals surface area (Å²) in [5, 5.41) is 18.7. The molecule has 0 spiro atoms. The van der Waals surface area contributed by atoms with Crippen molar-refractivity contribution in [2.45, 2.75) is 26.4 Å². The number of aryl methyl sites for hydroxylation is 1. The number of carbonyl (C=O) groups is 2. The maximum atomic E-state index is 12.0. The first-order chi connectivity index (χ1) is 10.1. The van der Waals surface area contributed by atoms with E-state index in [2.05, 4.69) is 15.6 Å². The Hall–Kier alpha value is -2.64. The molecule has 2 aromatic heterocycles. The topological polar surface area (TPSA) is 102 Å². The number of nitrogens with zero attached hydrogens (tertiary/aromatic N) is 4. The Morgan fingerprint density at radius 2 is 2.19 bits per heavy atom. The van der Waals surface area contributed by atoms with E-state index in [1.165, 1.54) is 10.9 Å². The number of rotatable bonds is 7. The summed E-state index contributed by atoms with van der Waals surface area (Å²) in [6.07, 6.45) is 4.15. The van der Waals surface area contributed by atoms with Crippen LogP contribution in [0.3, 0.4) is 0 Å². The van der Waals surface area contributed by atoms with Gasteiger partial charge in [-0.05, 0) is 18.6 Å². The quantitative estimate of drug-likeness (QED) is 0.778. The van der Waals surface area contributed by atoms with Crippen LogP contribution in [0.4, 0.5) is 0 Å². The molecule has 112 valence electrons. The molecule has 8 nitrogen and oxygen atoms in total. The third-order valence-electron chi connectivity index (χ3n) is 2.91. The fourth-order valence-corrected chi connectivity index (χ4v) is 1.94. The van der Waals surface area contributed by atoms with Gasteiger partial charge in [0.2, 0.25) is 0 Å². The first-order valence-corrected chi connectivity index (χ1v) is 6.68. The van der Waals surface area contributed by atoms with Gasteiger partial charge in [0.15, 0.2) is 5.69 Å². The maximum absolute atomic E-state index is 12.0. The highest BCUT2D eigenvalue weighted by atomic mass is 16.4. The lowest BCUT2D eigenvalue weighted by Crippen LogP contribution is -2.29. The lowest BCUT2D eigenvalue weighted by atomic mass is 10.3. The van der Waals surface area contributed by atoms with Crippen molar-refractivity contribution in [2.24, 2.45) is 0 Å². The zero-order chi connectivity index (χ0) is 15.2. The van der Waals surface area contributed by atoms with E-state index in [1.54, 1.807) is 6.07 Å². The minimum atomic E-state index is -1.12. The molecule has 0 radical (unpaired) electrons. The summed E-state index contributed by atoms with van der Waals surface area (Å²) >= 11 is 0. The van der Waals surface area contributed by atoms with Crippen molar-refractivity contribution in [1.29, 1.82) is 0 Å². The molecule has 0 unspecified atom stereocenters. The third-order valence-corrected chi connectivity index (χ3v) is 2.91. The minimum absolute atomic E-state index is 0.113. The lowest BCUT2D eigenvalue weighted by Gasteiger charge is -2.08. The summed E-state index contributed by atoms with van der Waals surface area (Å²) in [6.45, 7) is 3.55. The predicted octanol–water partition coefficient (Wildman–Crippen LogP) is 0.618. The van der Waals surface area contributed by atoms with Crippen molar-refractivity contribution < 1.29 is 14.7 Å². The molecular formula is C13H17N5O3. The number of nitrogens with one attached hydrogen (secondary N) is 1. The smallest absolute Gasteiger partial charge is 0.358 e. The first kappa shape index (κ1) is 14.8.